The van der Waals surface area contributed by atoms with Crippen molar-refractivity contribution < 1.29 is 9.18 Å². The van der Waals surface area contributed by atoms with E-state index in [9.17, 15) is 9.18 Å². The molecule has 0 saturated carbocycles. The fourth-order valence-electron chi connectivity index (χ4n) is 3.44. The molecule has 0 unspecified atom stereocenters. The van der Waals surface area contributed by atoms with Crippen molar-refractivity contribution in [3.8, 4) is 5.69 Å². The largest absolute Gasteiger partial charge is 0.352 e. The van der Waals surface area contributed by atoms with Crippen molar-refractivity contribution in [2.75, 3.05) is 6.54 Å². The van der Waals surface area contributed by atoms with Crippen LogP contribution in [0.1, 0.15) is 67.9 Å². The Kier molecular flexibility index (Phi) is 5.86. The molecule has 1 aromatic carbocycles. The van der Waals surface area contributed by atoms with Crippen LogP contribution in [0.25, 0.3) is 5.69 Å². The summed E-state index contributed by atoms with van der Waals surface area (Å²) < 4.78 is 14.9. The second-order valence-corrected chi connectivity index (χ2v) is 7.10. The van der Waals surface area contributed by atoms with Crippen LogP contribution in [0.4, 0.5) is 4.39 Å². The molecule has 138 valence electrons. The summed E-state index contributed by atoms with van der Waals surface area (Å²) >= 11 is 0. The topological polar surface area (TPSA) is 46.9 Å². The van der Waals surface area contributed by atoms with E-state index in [1.807, 2.05) is 13.8 Å². The maximum absolute atomic E-state index is 13.2. The molecule has 3 rings (SSSR count). The number of rotatable bonds is 6. The number of aromatic nitrogens is 2. The van der Waals surface area contributed by atoms with Gasteiger partial charge in [-0.1, -0.05) is 25.5 Å². The Hall–Kier alpha value is -2.43. The first-order valence-electron chi connectivity index (χ1n) is 9.36. The third-order valence-electron chi connectivity index (χ3n) is 4.79. The Morgan fingerprint density at radius 3 is 2.69 bits per heavy atom. The number of nitrogens with zero attached hydrogens (tertiary/aromatic N) is 2. The molecule has 26 heavy (non-hydrogen) atoms. The van der Waals surface area contributed by atoms with Gasteiger partial charge >= 0.3 is 0 Å². The Labute approximate surface area is 154 Å². The quantitative estimate of drug-likeness (QED) is 0.760. The Bertz CT molecular complexity index is 790. The lowest BCUT2D eigenvalue weighted by atomic mass is 9.97. The Morgan fingerprint density at radius 2 is 2.04 bits per heavy atom. The molecule has 1 aromatic heterocycles. The third-order valence-corrected chi connectivity index (χ3v) is 4.79. The van der Waals surface area contributed by atoms with Crippen molar-refractivity contribution >= 4 is 5.91 Å². The van der Waals surface area contributed by atoms with E-state index in [4.69, 9.17) is 0 Å². The van der Waals surface area contributed by atoms with E-state index in [0.717, 1.165) is 30.6 Å². The van der Waals surface area contributed by atoms with Crippen LogP contribution in [0, 0.1) is 5.82 Å². The van der Waals surface area contributed by atoms with Gasteiger partial charge in [-0.15, -0.1) is 0 Å². The highest BCUT2D eigenvalue weighted by atomic mass is 19.1. The number of hydrogen-bond donors (Lipinski definition) is 1. The van der Waals surface area contributed by atoms with Crippen molar-refractivity contribution in [3.63, 3.8) is 0 Å². The molecule has 2 aromatic rings. The van der Waals surface area contributed by atoms with E-state index >= 15 is 0 Å². The number of nitrogens with one attached hydrogen (secondary N) is 1. The first-order valence-corrected chi connectivity index (χ1v) is 9.36. The summed E-state index contributed by atoms with van der Waals surface area (Å²) in [4.78, 5) is 12.7. The first kappa shape index (κ1) is 18.4. The molecular weight excluding hydrogens is 329 g/mol. The molecule has 4 nitrogen and oxygen atoms in total. The van der Waals surface area contributed by atoms with Crippen molar-refractivity contribution in [2.45, 2.75) is 51.9 Å². The molecule has 0 saturated heterocycles. The van der Waals surface area contributed by atoms with E-state index in [1.165, 1.54) is 30.5 Å². The standard InChI is InChI=1S/C21H26FN3O/c1-15(2)20-19(14-24-25(20)18-10-8-17(22)9-11-18)21(26)23-13-12-16-6-4-3-5-7-16/h6,8-11,14-15H,3-5,7,12-13H2,1-2H3,(H,23,26). The lowest BCUT2D eigenvalue weighted by molar-refractivity contribution is 0.0952. The average molecular weight is 355 g/mol. The highest BCUT2D eigenvalue weighted by Gasteiger charge is 2.20. The lowest BCUT2D eigenvalue weighted by Gasteiger charge is -2.14. The summed E-state index contributed by atoms with van der Waals surface area (Å²) in [6.07, 6.45) is 9.66. The van der Waals surface area contributed by atoms with Gasteiger partial charge in [-0.2, -0.15) is 5.10 Å². The number of hydrogen-bond acceptors (Lipinski definition) is 2. The molecule has 0 aliphatic heterocycles. The fourth-order valence-corrected chi connectivity index (χ4v) is 3.44. The zero-order valence-corrected chi connectivity index (χ0v) is 15.5. The van der Waals surface area contributed by atoms with E-state index in [1.54, 1.807) is 23.0 Å². The summed E-state index contributed by atoms with van der Waals surface area (Å²) in [7, 11) is 0. The SMILES string of the molecule is CC(C)c1c(C(=O)NCCC2=CCCCC2)cnn1-c1ccc(F)cc1. The maximum Gasteiger partial charge on any atom is 0.254 e. The smallest absolute Gasteiger partial charge is 0.254 e. The van der Waals surface area contributed by atoms with Gasteiger partial charge in [-0.3, -0.25) is 4.79 Å². The number of halogens is 1. The zero-order valence-electron chi connectivity index (χ0n) is 15.5. The van der Waals surface area contributed by atoms with Crippen LogP contribution in [0.3, 0.4) is 0 Å². The molecule has 1 heterocycles. The predicted octanol–water partition coefficient (Wildman–Crippen LogP) is 4.76. The Morgan fingerprint density at radius 1 is 1.27 bits per heavy atom. The van der Waals surface area contributed by atoms with Gasteiger partial charge in [0.25, 0.3) is 5.91 Å². The van der Waals surface area contributed by atoms with Gasteiger partial charge in [-0.05, 0) is 62.3 Å². The average Bonchev–Trinajstić information content (AvgIpc) is 3.08. The number of carbonyl (C=O) groups is 1. The molecule has 0 bridgehead atoms. The van der Waals surface area contributed by atoms with Crippen LogP contribution in [-0.2, 0) is 0 Å². The van der Waals surface area contributed by atoms with Crippen molar-refractivity contribution in [2.24, 2.45) is 0 Å². The predicted molar refractivity (Wildman–Crippen MR) is 101 cm³/mol. The van der Waals surface area contributed by atoms with E-state index < -0.39 is 0 Å². The molecule has 5 heteroatoms. The molecule has 1 aliphatic carbocycles. The molecule has 0 atom stereocenters. The molecule has 1 aliphatic rings. The van der Waals surface area contributed by atoms with Crippen molar-refractivity contribution in [1.82, 2.24) is 15.1 Å². The minimum Gasteiger partial charge on any atom is -0.352 e. The number of benzene rings is 1. The van der Waals surface area contributed by atoms with E-state index in [2.05, 4.69) is 16.5 Å². The number of allylic oxidation sites excluding steroid dienone is 1. The lowest BCUT2D eigenvalue weighted by Crippen LogP contribution is -2.26. The van der Waals surface area contributed by atoms with E-state index in [0.29, 0.717) is 12.1 Å². The van der Waals surface area contributed by atoms with Crippen molar-refractivity contribution in [3.05, 3.63) is 59.2 Å². The van der Waals surface area contributed by atoms with Gasteiger partial charge in [0.2, 0.25) is 0 Å². The zero-order chi connectivity index (χ0) is 18.5. The molecule has 1 amide bonds. The van der Waals surface area contributed by atoms with Crippen LogP contribution in [0.15, 0.2) is 42.1 Å². The highest BCUT2D eigenvalue weighted by molar-refractivity contribution is 5.95. The fraction of sp³-hybridized carbons (Fsp3) is 0.429. The second-order valence-electron chi connectivity index (χ2n) is 7.10. The summed E-state index contributed by atoms with van der Waals surface area (Å²) in [5.41, 5.74) is 3.62. The molecule has 0 fully saturated rings. The summed E-state index contributed by atoms with van der Waals surface area (Å²) in [6.45, 7) is 4.70. The molecule has 0 spiro atoms. The second kappa shape index (κ2) is 8.30. The van der Waals surface area contributed by atoms with Crippen LogP contribution >= 0.6 is 0 Å². The molecular formula is C21H26FN3O. The summed E-state index contributed by atoms with van der Waals surface area (Å²) in [6, 6.07) is 6.15. The monoisotopic (exact) mass is 355 g/mol. The van der Waals surface area contributed by atoms with Crippen LogP contribution < -0.4 is 5.32 Å². The molecule has 1 N–H and O–H groups in total. The molecule has 0 radical (unpaired) electrons. The van der Waals surface area contributed by atoms with Gasteiger partial charge in [-0.25, -0.2) is 9.07 Å². The number of carbonyl (C=O) groups excluding carboxylic acids is 1. The highest BCUT2D eigenvalue weighted by Crippen LogP contribution is 2.24. The minimum absolute atomic E-state index is 0.0986. The van der Waals surface area contributed by atoms with Gasteiger partial charge < -0.3 is 5.32 Å². The van der Waals surface area contributed by atoms with Gasteiger partial charge in [0.05, 0.1) is 23.1 Å². The summed E-state index contributed by atoms with van der Waals surface area (Å²) in [5, 5.41) is 7.40. The number of amides is 1. The summed E-state index contributed by atoms with van der Waals surface area (Å²) in [5.74, 6) is -0.273. The first-order chi connectivity index (χ1) is 12.6. The van der Waals surface area contributed by atoms with E-state index in [-0.39, 0.29) is 17.6 Å². The van der Waals surface area contributed by atoms with Gasteiger partial charge in [0, 0.05) is 6.54 Å². The Balaban J connectivity index is 1.73. The maximum atomic E-state index is 13.2. The normalized spacial score (nSPS) is 14.4. The van der Waals surface area contributed by atoms with Crippen molar-refractivity contribution in [1.29, 1.82) is 0 Å². The van der Waals surface area contributed by atoms with Gasteiger partial charge in [0.1, 0.15) is 5.82 Å². The van der Waals surface area contributed by atoms with Crippen LogP contribution in [0.2, 0.25) is 0 Å². The van der Waals surface area contributed by atoms with Crippen LogP contribution in [0.5, 0.6) is 0 Å². The minimum atomic E-state index is -0.290. The third kappa shape index (κ3) is 4.21. The van der Waals surface area contributed by atoms with Gasteiger partial charge in [0.15, 0.2) is 0 Å². The van der Waals surface area contributed by atoms with Crippen LogP contribution in [-0.4, -0.2) is 22.2 Å².